The van der Waals surface area contributed by atoms with Crippen LogP contribution in [0.3, 0.4) is 0 Å². The maximum absolute atomic E-state index is 2.32. The number of allylic oxidation sites excluding steroid dienone is 1. The zero-order valence-corrected chi connectivity index (χ0v) is 11.4. The minimum atomic E-state index is 0. The number of halogens is 2. The first-order valence-corrected chi connectivity index (χ1v) is 5.04. The Morgan fingerprint density at radius 3 is 2.38 bits per heavy atom. The Morgan fingerprint density at radius 1 is 1.15 bits per heavy atom. The SMILES string of the molecule is CC1[C]([Zr])=Cc2ccccc21.Cl.Cl. The Balaban J connectivity index is 0.000000720. The average Bonchev–Trinajstić information content (AvgIpc) is 2.30. The molecule has 0 aliphatic heterocycles. The van der Waals surface area contributed by atoms with E-state index in [-0.39, 0.29) is 24.8 Å². The van der Waals surface area contributed by atoms with Gasteiger partial charge in [-0.2, -0.15) is 0 Å². The van der Waals surface area contributed by atoms with Crippen molar-refractivity contribution in [1.29, 1.82) is 0 Å². The van der Waals surface area contributed by atoms with Gasteiger partial charge in [-0.15, -0.1) is 24.8 Å². The van der Waals surface area contributed by atoms with Gasteiger partial charge in [-0.25, -0.2) is 0 Å². The topological polar surface area (TPSA) is 0 Å². The van der Waals surface area contributed by atoms with Crippen LogP contribution in [0.4, 0.5) is 0 Å². The van der Waals surface area contributed by atoms with E-state index < -0.39 is 0 Å². The van der Waals surface area contributed by atoms with E-state index in [0.717, 1.165) is 0 Å². The van der Waals surface area contributed by atoms with Gasteiger partial charge in [-0.3, -0.25) is 0 Å². The van der Waals surface area contributed by atoms with Gasteiger partial charge in [-0.05, 0) is 0 Å². The van der Waals surface area contributed by atoms with Crippen molar-refractivity contribution in [2.45, 2.75) is 12.8 Å². The third kappa shape index (κ3) is 2.46. The first kappa shape index (κ1) is 13.4. The second kappa shape index (κ2) is 5.34. The van der Waals surface area contributed by atoms with E-state index in [1.165, 1.54) is 11.1 Å². The van der Waals surface area contributed by atoms with Crippen molar-refractivity contribution >= 4 is 30.9 Å². The molecule has 0 saturated carbocycles. The maximum atomic E-state index is 2.32. The number of hydrogen-bond donors (Lipinski definition) is 0. The van der Waals surface area contributed by atoms with Gasteiger partial charge in [0.25, 0.3) is 0 Å². The van der Waals surface area contributed by atoms with Crippen LogP contribution in [0.1, 0.15) is 24.0 Å². The van der Waals surface area contributed by atoms with Gasteiger partial charge in [0.1, 0.15) is 0 Å². The summed E-state index contributed by atoms with van der Waals surface area (Å²) in [6, 6.07) is 8.66. The van der Waals surface area contributed by atoms with E-state index >= 15 is 0 Å². The van der Waals surface area contributed by atoms with E-state index in [0.29, 0.717) is 5.92 Å². The van der Waals surface area contributed by atoms with E-state index in [9.17, 15) is 0 Å². The molecule has 2 rings (SSSR count). The van der Waals surface area contributed by atoms with Crippen molar-refractivity contribution in [1.82, 2.24) is 0 Å². The number of fused-ring (bicyclic) bond motifs is 1. The van der Waals surface area contributed by atoms with Crippen LogP contribution in [0, 0.1) is 0 Å². The molecule has 1 aliphatic carbocycles. The van der Waals surface area contributed by atoms with Gasteiger partial charge in [0, 0.05) is 0 Å². The molecule has 0 nitrogen and oxygen atoms in total. The predicted molar refractivity (Wildman–Crippen MR) is 57.3 cm³/mol. The summed E-state index contributed by atoms with van der Waals surface area (Å²) < 4.78 is 1.57. The molecular formula is C10H11Cl2Zr. The van der Waals surface area contributed by atoms with E-state index in [1.54, 1.807) is 28.0 Å². The van der Waals surface area contributed by atoms with Gasteiger partial charge in [0.15, 0.2) is 0 Å². The summed E-state index contributed by atoms with van der Waals surface area (Å²) in [4.78, 5) is 0. The summed E-state index contributed by atoms with van der Waals surface area (Å²) in [7, 11) is 0. The van der Waals surface area contributed by atoms with Gasteiger partial charge in [0.05, 0.1) is 0 Å². The summed E-state index contributed by atoms with van der Waals surface area (Å²) in [5.74, 6) is 0.671. The van der Waals surface area contributed by atoms with Crippen molar-refractivity contribution in [2.75, 3.05) is 0 Å². The third-order valence-electron chi connectivity index (χ3n) is 2.24. The Morgan fingerprint density at radius 2 is 1.77 bits per heavy atom. The molecule has 1 aromatic carbocycles. The smallest absolute Gasteiger partial charge is 0.147 e. The molecule has 1 atom stereocenters. The van der Waals surface area contributed by atoms with Crippen LogP contribution in [0.5, 0.6) is 0 Å². The molecular weight excluding hydrogens is 282 g/mol. The number of rotatable bonds is 0. The van der Waals surface area contributed by atoms with Gasteiger partial charge >= 0.3 is 82.3 Å². The number of benzene rings is 1. The molecule has 13 heavy (non-hydrogen) atoms. The van der Waals surface area contributed by atoms with Crippen molar-refractivity contribution in [3.8, 4) is 0 Å². The van der Waals surface area contributed by atoms with Gasteiger partial charge in [-0.1, -0.05) is 0 Å². The molecule has 1 aliphatic rings. The summed E-state index contributed by atoms with van der Waals surface area (Å²) in [5.41, 5.74) is 2.92. The van der Waals surface area contributed by atoms with Crippen molar-refractivity contribution in [3.05, 3.63) is 38.7 Å². The zero-order valence-electron chi connectivity index (χ0n) is 7.28. The summed E-state index contributed by atoms with van der Waals surface area (Å²) in [6.07, 6.45) is 2.32. The maximum Gasteiger partial charge on any atom is -0.147 e. The van der Waals surface area contributed by atoms with Crippen LogP contribution in [0.2, 0.25) is 0 Å². The molecule has 0 bridgehead atoms. The van der Waals surface area contributed by atoms with Crippen LogP contribution in [0.25, 0.3) is 6.08 Å². The standard InChI is InChI=1S/C10H9.2ClH.Zr/c1-8-6-7-9-4-2-3-5-10(8)9;;;/h2-5,7-8H,1H3;2*1H;. The van der Waals surface area contributed by atoms with Gasteiger partial charge < -0.3 is 0 Å². The average molecular weight is 293 g/mol. The summed E-state index contributed by atoms with van der Waals surface area (Å²) in [6.45, 7) is 2.28. The minimum absolute atomic E-state index is 0. The zero-order chi connectivity index (χ0) is 7.84. The molecule has 0 aromatic heterocycles. The Hall–Kier alpha value is 0.423. The fraction of sp³-hybridized carbons (Fsp3) is 0.200. The van der Waals surface area contributed by atoms with Crippen molar-refractivity contribution in [2.24, 2.45) is 0 Å². The largest absolute Gasteiger partial charge is 0.147 e. The molecule has 1 unspecified atom stereocenters. The summed E-state index contributed by atoms with van der Waals surface area (Å²) in [5, 5.41) is 0. The monoisotopic (exact) mass is 291 g/mol. The van der Waals surface area contributed by atoms with E-state index in [1.807, 2.05) is 0 Å². The summed E-state index contributed by atoms with van der Waals surface area (Å²) >= 11 is 1.55. The molecule has 0 heterocycles. The quantitative estimate of drug-likeness (QED) is 0.686. The molecule has 0 spiro atoms. The first-order valence-electron chi connectivity index (χ1n) is 3.81. The molecule has 3 heteroatoms. The van der Waals surface area contributed by atoms with Crippen LogP contribution < -0.4 is 0 Å². The molecule has 0 fully saturated rings. The van der Waals surface area contributed by atoms with Crippen LogP contribution >= 0.6 is 24.8 Å². The van der Waals surface area contributed by atoms with Crippen LogP contribution in [-0.4, -0.2) is 0 Å². The van der Waals surface area contributed by atoms with Crippen molar-refractivity contribution in [3.63, 3.8) is 0 Å². The second-order valence-electron chi connectivity index (χ2n) is 2.95. The Labute approximate surface area is 106 Å². The first-order chi connectivity index (χ1) is 5.29. The van der Waals surface area contributed by atoms with E-state index in [4.69, 9.17) is 0 Å². The Kier molecular flexibility index (Phi) is 5.51. The molecule has 1 aromatic rings. The Bertz CT molecular complexity index is 320. The van der Waals surface area contributed by atoms with Crippen molar-refractivity contribution < 1.29 is 24.7 Å². The molecule has 69 valence electrons. The van der Waals surface area contributed by atoms with Crippen LogP contribution in [0.15, 0.2) is 27.5 Å². The second-order valence-corrected chi connectivity index (χ2v) is 4.37. The fourth-order valence-corrected chi connectivity index (χ4v) is 2.26. The molecule has 0 radical (unpaired) electrons. The third-order valence-corrected chi connectivity index (χ3v) is 3.66. The predicted octanol–water partition coefficient (Wildman–Crippen LogP) is 3.54. The molecule has 0 N–H and O–H groups in total. The van der Waals surface area contributed by atoms with E-state index in [2.05, 4.69) is 37.3 Å². The van der Waals surface area contributed by atoms with Gasteiger partial charge in [0.2, 0.25) is 0 Å². The fourth-order valence-electron chi connectivity index (χ4n) is 1.50. The molecule has 0 amide bonds. The molecule has 0 saturated heterocycles. The van der Waals surface area contributed by atoms with Crippen LogP contribution in [-0.2, 0) is 24.7 Å². The number of hydrogen-bond acceptors (Lipinski definition) is 0. The normalized spacial score (nSPS) is 17.8. The minimum Gasteiger partial charge on any atom is -0.147 e.